The zero-order valence-electron chi connectivity index (χ0n) is 37.3. The van der Waals surface area contributed by atoms with Crippen molar-refractivity contribution >= 4 is 71.6 Å². The first-order chi connectivity index (χ1) is 33.3. The summed E-state index contributed by atoms with van der Waals surface area (Å²) in [5, 5.41) is 7.41. The first-order valence-electron chi connectivity index (χ1n) is 23.9. The van der Waals surface area contributed by atoms with E-state index in [1.54, 1.807) is 0 Å². The number of aromatic nitrogens is 1. The molecule has 1 saturated carbocycles. The van der Waals surface area contributed by atoms with Gasteiger partial charge in [-0.25, -0.2) is 0 Å². The normalized spacial score (nSPS) is 13.3. The van der Waals surface area contributed by atoms with E-state index >= 15 is 0 Å². The van der Waals surface area contributed by atoms with Gasteiger partial charge >= 0.3 is 0 Å². The van der Waals surface area contributed by atoms with Gasteiger partial charge in [-0.05, 0) is 112 Å². The van der Waals surface area contributed by atoms with Gasteiger partial charge in [0.1, 0.15) is 11.2 Å². The molecular weight excluding hydrogens is 813 g/mol. The van der Waals surface area contributed by atoms with Crippen molar-refractivity contribution in [3.05, 3.63) is 230 Å². The molecule has 0 amide bonds. The molecule has 320 valence electrons. The second-order valence-corrected chi connectivity index (χ2v) is 18.2. The monoisotopic (exact) mass is 860 g/mol. The average molecular weight is 861 g/mol. The Morgan fingerprint density at radius 1 is 0.418 bits per heavy atom. The maximum Gasteiger partial charge on any atom is 0.136 e. The van der Waals surface area contributed by atoms with E-state index in [0.29, 0.717) is 5.92 Å². The van der Waals surface area contributed by atoms with E-state index in [4.69, 9.17) is 4.42 Å². The molecule has 3 heteroatoms. The summed E-state index contributed by atoms with van der Waals surface area (Å²) >= 11 is 0. The fraction of sp³-hybridized carbons (Fsp3) is 0.0938. The molecule has 67 heavy (non-hydrogen) atoms. The smallest absolute Gasteiger partial charge is 0.136 e. The summed E-state index contributed by atoms with van der Waals surface area (Å²) in [5.41, 5.74) is 17.1. The van der Waals surface area contributed by atoms with Crippen LogP contribution in [0.2, 0.25) is 0 Å². The van der Waals surface area contributed by atoms with Crippen molar-refractivity contribution in [2.45, 2.75) is 38.0 Å². The Labute approximate surface area is 390 Å². The Kier molecular flexibility index (Phi) is 9.60. The van der Waals surface area contributed by atoms with Gasteiger partial charge in [-0.3, -0.25) is 0 Å². The van der Waals surface area contributed by atoms with Crippen LogP contribution in [0.25, 0.3) is 93.6 Å². The van der Waals surface area contributed by atoms with Gasteiger partial charge in [0.15, 0.2) is 0 Å². The van der Waals surface area contributed by atoms with E-state index in [-0.39, 0.29) is 0 Å². The quantitative estimate of drug-likeness (QED) is 0.152. The van der Waals surface area contributed by atoms with Gasteiger partial charge < -0.3 is 13.9 Å². The number of benzene rings is 10. The molecule has 0 N–H and O–H groups in total. The largest absolute Gasteiger partial charge is 0.456 e. The predicted molar refractivity (Wildman–Crippen MR) is 282 cm³/mol. The van der Waals surface area contributed by atoms with Gasteiger partial charge in [-0.1, -0.05) is 183 Å². The molecule has 2 aromatic heterocycles. The van der Waals surface area contributed by atoms with E-state index in [2.05, 4.69) is 228 Å². The Morgan fingerprint density at radius 2 is 1.03 bits per heavy atom. The Hall–Kier alpha value is -8.14. The first-order valence-corrected chi connectivity index (χ1v) is 23.9. The zero-order valence-corrected chi connectivity index (χ0v) is 37.3. The molecule has 3 nitrogen and oxygen atoms in total. The molecule has 0 radical (unpaired) electrons. The molecule has 0 bridgehead atoms. The highest BCUT2D eigenvalue weighted by atomic mass is 16.3. The van der Waals surface area contributed by atoms with Crippen molar-refractivity contribution in [3.63, 3.8) is 0 Å². The molecule has 0 unspecified atom stereocenters. The highest BCUT2D eigenvalue weighted by molar-refractivity contribution is 6.15. The predicted octanol–water partition coefficient (Wildman–Crippen LogP) is 18.4. The fourth-order valence-electron chi connectivity index (χ4n) is 11.4. The number of rotatable bonds is 8. The minimum Gasteiger partial charge on any atom is -0.456 e. The van der Waals surface area contributed by atoms with Gasteiger partial charge in [-0.15, -0.1) is 0 Å². The minimum absolute atomic E-state index is 0.556. The Morgan fingerprint density at radius 3 is 1.87 bits per heavy atom. The number of hydrogen-bond acceptors (Lipinski definition) is 2. The average Bonchev–Trinajstić information content (AvgIpc) is 3.95. The van der Waals surface area contributed by atoms with Gasteiger partial charge in [0.05, 0.1) is 22.4 Å². The van der Waals surface area contributed by atoms with Crippen LogP contribution in [-0.2, 0) is 0 Å². The van der Waals surface area contributed by atoms with Crippen molar-refractivity contribution in [2.24, 2.45) is 0 Å². The Bertz CT molecular complexity index is 3810. The number of nitrogens with zero attached hydrogens (tertiary/aromatic N) is 2. The van der Waals surface area contributed by atoms with Crippen molar-refractivity contribution in [1.82, 2.24) is 4.57 Å². The molecule has 0 aliphatic heterocycles. The molecule has 1 aliphatic carbocycles. The van der Waals surface area contributed by atoms with E-state index in [0.717, 1.165) is 61.4 Å². The van der Waals surface area contributed by atoms with Gasteiger partial charge in [0, 0.05) is 49.6 Å². The zero-order chi connectivity index (χ0) is 44.3. The lowest BCUT2D eigenvalue weighted by molar-refractivity contribution is 0.445. The van der Waals surface area contributed by atoms with Crippen molar-refractivity contribution in [3.8, 4) is 39.1 Å². The molecule has 1 aliphatic rings. The van der Waals surface area contributed by atoms with Gasteiger partial charge in [-0.2, -0.15) is 0 Å². The molecule has 2 heterocycles. The van der Waals surface area contributed by atoms with Crippen LogP contribution in [0.1, 0.15) is 43.6 Å². The third-order valence-corrected chi connectivity index (χ3v) is 14.4. The van der Waals surface area contributed by atoms with Crippen LogP contribution in [0.4, 0.5) is 17.1 Å². The summed E-state index contributed by atoms with van der Waals surface area (Å²) in [4.78, 5) is 2.52. The van der Waals surface area contributed by atoms with E-state index in [1.165, 1.54) is 86.9 Å². The molecule has 1 fully saturated rings. The first kappa shape index (κ1) is 39.2. The molecule has 0 spiro atoms. The lowest BCUT2D eigenvalue weighted by Crippen LogP contribution is -2.13. The van der Waals surface area contributed by atoms with Gasteiger partial charge in [0.25, 0.3) is 0 Å². The summed E-state index contributed by atoms with van der Waals surface area (Å²) in [7, 11) is 0. The van der Waals surface area contributed by atoms with Crippen LogP contribution in [0.5, 0.6) is 0 Å². The highest BCUT2D eigenvalue weighted by Crippen LogP contribution is 2.50. The fourth-order valence-corrected chi connectivity index (χ4v) is 11.4. The third kappa shape index (κ3) is 6.64. The van der Waals surface area contributed by atoms with Crippen LogP contribution in [0.3, 0.4) is 0 Å². The van der Waals surface area contributed by atoms with Crippen LogP contribution >= 0.6 is 0 Å². The second kappa shape index (κ2) is 16.4. The molecule has 10 aromatic carbocycles. The molecule has 0 saturated heterocycles. The molecule has 12 aromatic rings. The Balaban J connectivity index is 1.07. The summed E-state index contributed by atoms with van der Waals surface area (Å²) in [5.74, 6) is 0.556. The number of para-hydroxylation sites is 6. The third-order valence-electron chi connectivity index (χ3n) is 14.4. The van der Waals surface area contributed by atoms with E-state index in [9.17, 15) is 0 Å². The summed E-state index contributed by atoms with van der Waals surface area (Å²) in [6.07, 6.45) is 6.40. The number of furan rings is 1. The second-order valence-electron chi connectivity index (χ2n) is 18.2. The van der Waals surface area contributed by atoms with Crippen LogP contribution in [0, 0.1) is 0 Å². The SMILES string of the molecule is c1ccc(-n2c3ccccc3c3cccc(-c4ccccc4N(c4cccc(-c5ccc6c(c5)oc5ccccc56)c4)c4ccccc4-c4cccc5cccc(C6CCCCC6)c45)c32)cc1. The number of hydrogen-bond donors (Lipinski definition) is 0. The van der Waals surface area contributed by atoms with Crippen LogP contribution in [0.15, 0.2) is 229 Å². The van der Waals surface area contributed by atoms with E-state index < -0.39 is 0 Å². The summed E-state index contributed by atoms with van der Waals surface area (Å²) < 4.78 is 8.89. The standard InChI is InChI=1S/C64H48N2O/c1-3-19-43(20-4-1)49-31-16-21-44-22-17-32-55(63(44)49)50-27-7-11-35-58(50)65(48-26-15-23-45(41-48)46-39-40-54-53-30-10-14-38-61(53)67-62(54)42-46)59-36-12-8-28-51(59)56-33-18-34-57-52-29-9-13-37-60(52)66(64(56)57)47-24-5-2-6-25-47/h2,5-18,21-43H,1,3-4,19-20H2. The van der Waals surface area contributed by atoms with Crippen molar-refractivity contribution in [1.29, 1.82) is 0 Å². The number of anilines is 3. The van der Waals surface area contributed by atoms with Gasteiger partial charge in [0.2, 0.25) is 0 Å². The molecule has 13 rings (SSSR count). The molecular formula is C64H48N2O. The maximum atomic E-state index is 6.43. The summed E-state index contributed by atoms with van der Waals surface area (Å²) in [6.45, 7) is 0. The highest BCUT2D eigenvalue weighted by Gasteiger charge is 2.26. The number of fused-ring (bicyclic) bond motifs is 7. The lowest BCUT2D eigenvalue weighted by atomic mass is 9.80. The topological polar surface area (TPSA) is 21.3 Å². The van der Waals surface area contributed by atoms with E-state index in [1.807, 2.05) is 6.07 Å². The van der Waals surface area contributed by atoms with Crippen LogP contribution in [-0.4, -0.2) is 4.57 Å². The maximum absolute atomic E-state index is 6.43. The van der Waals surface area contributed by atoms with Crippen LogP contribution < -0.4 is 4.90 Å². The summed E-state index contributed by atoms with van der Waals surface area (Å²) in [6, 6.07) is 82.4. The lowest BCUT2D eigenvalue weighted by Gasteiger charge is -2.31. The molecule has 0 atom stereocenters. The van der Waals surface area contributed by atoms with Crippen molar-refractivity contribution in [2.75, 3.05) is 4.90 Å². The minimum atomic E-state index is 0.556. The van der Waals surface area contributed by atoms with Crippen molar-refractivity contribution < 1.29 is 4.42 Å².